The first-order valence-electron chi connectivity index (χ1n) is 14.7. The third-order valence-electron chi connectivity index (χ3n) is 8.50. The van der Waals surface area contributed by atoms with Crippen LogP contribution in [0.25, 0.3) is 11.0 Å². The molecule has 4 aromatic rings. The third kappa shape index (κ3) is 5.79. The number of para-hydroxylation sites is 2. The number of thiocarbonyl (C=S) groups is 1. The van der Waals surface area contributed by atoms with Gasteiger partial charge in [-0.05, 0) is 61.2 Å². The van der Waals surface area contributed by atoms with Gasteiger partial charge in [-0.2, -0.15) is 0 Å². The number of hydrogen-bond acceptors (Lipinski definition) is 3. The molecule has 0 saturated carbocycles. The molecule has 2 fully saturated rings. The first-order valence-corrected chi connectivity index (χ1v) is 15.1. The zero-order chi connectivity index (χ0) is 28.2. The van der Waals surface area contributed by atoms with Gasteiger partial charge in [-0.25, -0.2) is 4.79 Å². The Kier molecular flexibility index (Phi) is 8.19. The molecule has 3 aromatic carbocycles. The number of nitrogens with one attached hydrogen (secondary N) is 1. The lowest BCUT2D eigenvalue weighted by atomic mass is 9.99. The zero-order valence-electron chi connectivity index (χ0n) is 23.3. The number of nitrogens with zero attached hydrogens (tertiary/aromatic N) is 4. The van der Waals surface area contributed by atoms with Crippen LogP contribution in [0.2, 0.25) is 0 Å². The highest BCUT2D eigenvalue weighted by Crippen LogP contribution is 2.27. The van der Waals surface area contributed by atoms with Crippen molar-refractivity contribution < 1.29 is 4.79 Å². The molecule has 0 atom stereocenters. The maximum atomic E-state index is 13.7. The van der Waals surface area contributed by atoms with E-state index in [0.717, 1.165) is 61.5 Å². The molecule has 2 aliphatic heterocycles. The summed E-state index contributed by atoms with van der Waals surface area (Å²) in [6, 6.07) is 29.0. The van der Waals surface area contributed by atoms with Crippen LogP contribution in [0, 0.1) is 0 Å². The van der Waals surface area contributed by atoms with E-state index >= 15 is 0 Å². The van der Waals surface area contributed by atoms with Crippen LogP contribution in [0.4, 0.5) is 0 Å². The molecule has 1 amide bonds. The summed E-state index contributed by atoms with van der Waals surface area (Å²) in [7, 11) is 0. The Morgan fingerprint density at radius 1 is 0.805 bits per heavy atom. The maximum absolute atomic E-state index is 13.7. The minimum atomic E-state index is -0.0286. The Morgan fingerprint density at radius 2 is 1.41 bits per heavy atom. The monoisotopic (exact) mass is 567 g/mol. The first kappa shape index (κ1) is 27.3. The van der Waals surface area contributed by atoms with E-state index in [9.17, 15) is 9.59 Å². The highest BCUT2D eigenvalue weighted by Gasteiger charge is 2.27. The van der Waals surface area contributed by atoms with Gasteiger partial charge in [-0.15, -0.1) is 0 Å². The number of piperidine rings is 1. The molecule has 41 heavy (non-hydrogen) atoms. The number of likely N-dealkylation sites (tertiary alicyclic amines) is 2. The number of hydrogen-bond donors (Lipinski definition) is 1. The largest absolute Gasteiger partial charge is 0.352 e. The molecule has 8 heteroatoms. The van der Waals surface area contributed by atoms with Crippen molar-refractivity contribution in [2.45, 2.75) is 50.7 Å². The van der Waals surface area contributed by atoms with E-state index in [4.69, 9.17) is 12.2 Å². The summed E-state index contributed by atoms with van der Waals surface area (Å²) in [5, 5.41) is 4.37. The first-order chi connectivity index (χ1) is 20.1. The van der Waals surface area contributed by atoms with Gasteiger partial charge in [0.1, 0.15) is 0 Å². The lowest BCUT2D eigenvalue weighted by molar-refractivity contribution is -0.127. The van der Waals surface area contributed by atoms with Crippen LogP contribution in [-0.4, -0.2) is 56.1 Å². The Balaban J connectivity index is 1.14. The lowest BCUT2D eigenvalue weighted by Gasteiger charge is -2.35. The number of aromatic nitrogens is 2. The van der Waals surface area contributed by atoms with E-state index in [2.05, 4.69) is 64.8 Å². The van der Waals surface area contributed by atoms with Crippen molar-refractivity contribution >= 4 is 34.3 Å². The van der Waals surface area contributed by atoms with Gasteiger partial charge in [0.25, 0.3) is 0 Å². The number of imidazole rings is 1. The van der Waals surface area contributed by atoms with Gasteiger partial charge in [0.2, 0.25) is 5.91 Å². The van der Waals surface area contributed by atoms with Crippen molar-refractivity contribution in [1.82, 2.24) is 24.3 Å². The quantitative estimate of drug-likeness (QED) is 0.300. The van der Waals surface area contributed by atoms with Crippen molar-refractivity contribution in [3.8, 4) is 0 Å². The standard InChI is InChI=1S/C33H37N5O2S/c39-30-17-9-20-35(30)21-10-22-37-28-15-7-8-16-29(28)38(33(37)40)27-18-23-36(24-19-27)32(41)34-31(25-11-3-1-4-12-25)26-13-5-2-6-14-26/h1-8,11-16,27,31H,9-10,17-24H2,(H,34,41). The van der Waals surface area contributed by atoms with Crippen molar-refractivity contribution in [2.24, 2.45) is 0 Å². The maximum Gasteiger partial charge on any atom is 0.329 e. The molecule has 212 valence electrons. The Hall–Kier alpha value is -3.91. The van der Waals surface area contributed by atoms with Gasteiger partial charge in [0, 0.05) is 45.2 Å². The Bertz CT molecular complexity index is 1520. The normalized spacial score (nSPS) is 16.2. The molecule has 7 nitrogen and oxygen atoms in total. The molecule has 0 aliphatic carbocycles. The fourth-order valence-corrected chi connectivity index (χ4v) is 6.65. The Morgan fingerprint density at radius 3 is 2.02 bits per heavy atom. The molecule has 2 saturated heterocycles. The molecule has 6 rings (SSSR count). The van der Waals surface area contributed by atoms with Crippen LogP contribution < -0.4 is 11.0 Å². The molecular weight excluding hydrogens is 530 g/mol. The second kappa shape index (κ2) is 12.3. The van der Waals surface area contributed by atoms with Gasteiger partial charge >= 0.3 is 5.69 Å². The van der Waals surface area contributed by atoms with E-state index in [-0.39, 0.29) is 23.7 Å². The minimum absolute atomic E-state index is 0.0286. The highest BCUT2D eigenvalue weighted by molar-refractivity contribution is 7.80. The number of amides is 1. The fourth-order valence-electron chi connectivity index (χ4n) is 6.35. The molecule has 0 radical (unpaired) electrons. The molecule has 2 aliphatic rings. The van der Waals surface area contributed by atoms with Crippen LogP contribution in [0.3, 0.4) is 0 Å². The smallest absolute Gasteiger partial charge is 0.329 e. The average Bonchev–Trinajstić information content (AvgIpc) is 3.56. The van der Waals surface area contributed by atoms with Crippen LogP contribution in [0.15, 0.2) is 89.7 Å². The Labute approximate surface area is 246 Å². The SMILES string of the molecule is O=C1CCCN1CCCn1c(=O)n(C2CCN(C(=S)NC(c3ccccc3)c3ccccc3)CC2)c2ccccc21. The van der Waals surface area contributed by atoms with Crippen molar-refractivity contribution in [3.05, 3.63) is 107 Å². The van der Waals surface area contributed by atoms with Gasteiger partial charge in [-0.3, -0.25) is 13.9 Å². The van der Waals surface area contributed by atoms with Crippen LogP contribution >= 0.6 is 12.2 Å². The van der Waals surface area contributed by atoms with E-state index < -0.39 is 0 Å². The van der Waals surface area contributed by atoms with E-state index in [0.29, 0.717) is 19.5 Å². The zero-order valence-corrected chi connectivity index (χ0v) is 24.1. The number of carbonyl (C=O) groups excluding carboxylic acids is 1. The van der Waals surface area contributed by atoms with Crippen molar-refractivity contribution in [1.29, 1.82) is 0 Å². The molecule has 0 spiro atoms. The summed E-state index contributed by atoms with van der Waals surface area (Å²) >= 11 is 5.93. The third-order valence-corrected chi connectivity index (χ3v) is 8.88. The second-order valence-electron chi connectivity index (χ2n) is 11.1. The lowest BCUT2D eigenvalue weighted by Crippen LogP contribution is -2.46. The summed E-state index contributed by atoms with van der Waals surface area (Å²) in [4.78, 5) is 29.9. The summed E-state index contributed by atoms with van der Waals surface area (Å²) in [6.07, 6.45) is 4.06. The van der Waals surface area contributed by atoms with Gasteiger partial charge in [0.15, 0.2) is 5.11 Å². The second-order valence-corrected chi connectivity index (χ2v) is 11.4. The van der Waals surface area contributed by atoms with Gasteiger partial charge in [0.05, 0.1) is 17.1 Å². The number of aryl methyl sites for hydroxylation is 1. The molecular formula is C33H37N5O2S. The summed E-state index contributed by atoms with van der Waals surface area (Å²) in [6.45, 7) is 3.73. The number of carbonyl (C=O) groups is 1. The van der Waals surface area contributed by atoms with Crippen LogP contribution in [0.5, 0.6) is 0 Å². The number of fused-ring (bicyclic) bond motifs is 1. The number of rotatable bonds is 8. The molecule has 1 aromatic heterocycles. The topological polar surface area (TPSA) is 62.5 Å². The van der Waals surface area contributed by atoms with Crippen molar-refractivity contribution in [3.63, 3.8) is 0 Å². The summed E-state index contributed by atoms with van der Waals surface area (Å²) < 4.78 is 3.90. The summed E-state index contributed by atoms with van der Waals surface area (Å²) in [5.74, 6) is 0.234. The van der Waals surface area contributed by atoms with Crippen LogP contribution in [0.1, 0.15) is 55.3 Å². The number of benzene rings is 3. The fraction of sp³-hybridized carbons (Fsp3) is 0.364. The molecule has 3 heterocycles. The highest BCUT2D eigenvalue weighted by atomic mass is 32.1. The molecule has 0 bridgehead atoms. The van der Waals surface area contributed by atoms with Crippen LogP contribution in [-0.2, 0) is 11.3 Å². The predicted molar refractivity (Wildman–Crippen MR) is 167 cm³/mol. The summed E-state index contributed by atoms with van der Waals surface area (Å²) in [5.41, 5.74) is 4.35. The van der Waals surface area contributed by atoms with Gasteiger partial charge in [-0.1, -0.05) is 72.8 Å². The molecule has 0 unspecified atom stereocenters. The predicted octanol–water partition coefficient (Wildman–Crippen LogP) is 5.12. The van der Waals surface area contributed by atoms with E-state index in [1.807, 2.05) is 44.4 Å². The average molecular weight is 568 g/mol. The van der Waals surface area contributed by atoms with E-state index in [1.54, 1.807) is 0 Å². The van der Waals surface area contributed by atoms with E-state index in [1.165, 1.54) is 11.1 Å². The van der Waals surface area contributed by atoms with Crippen molar-refractivity contribution in [2.75, 3.05) is 26.2 Å². The minimum Gasteiger partial charge on any atom is -0.352 e. The van der Waals surface area contributed by atoms with Gasteiger partial charge < -0.3 is 15.1 Å². The molecule has 1 N–H and O–H groups in total.